The van der Waals surface area contributed by atoms with E-state index in [4.69, 9.17) is 9.31 Å². The van der Waals surface area contributed by atoms with E-state index in [-0.39, 0.29) is 23.7 Å². The molecule has 2 nitrogen and oxygen atoms in total. The van der Waals surface area contributed by atoms with Crippen molar-refractivity contribution in [3.63, 3.8) is 0 Å². The SMILES string of the molecule is CCC1CC2CC(C)C3(c4cc(B5OC(C)(C)C(C)(C)O5)ccc4-c4ccc5c(sc6ccccc65)c43)C(C1)C2. The van der Waals surface area contributed by atoms with Crippen LogP contribution >= 0.6 is 11.3 Å². The van der Waals surface area contributed by atoms with E-state index < -0.39 is 0 Å². The first-order chi connectivity index (χ1) is 19.1. The molecule has 206 valence electrons. The van der Waals surface area contributed by atoms with E-state index in [1.54, 1.807) is 11.1 Å². The van der Waals surface area contributed by atoms with Gasteiger partial charge in [-0.1, -0.05) is 68.8 Å². The van der Waals surface area contributed by atoms with Gasteiger partial charge in [-0.05, 0) is 111 Å². The molecule has 5 atom stereocenters. The van der Waals surface area contributed by atoms with Crippen LogP contribution < -0.4 is 5.46 Å². The van der Waals surface area contributed by atoms with E-state index >= 15 is 0 Å². The minimum Gasteiger partial charge on any atom is -0.399 e. The zero-order valence-corrected chi connectivity index (χ0v) is 25.7. The number of thiophene rings is 1. The Balaban J connectivity index is 1.39. The van der Waals surface area contributed by atoms with Crippen molar-refractivity contribution in [2.24, 2.45) is 23.7 Å². The van der Waals surface area contributed by atoms with E-state index in [0.29, 0.717) is 11.8 Å². The fraction of sp³-hybridized carbons (Fsp3) is 0.500. The highest BCUT2D eigenvalue weighted by Gasteiger charge is 2.58. The van der Waals surface area contributed by atoms with Gasteiger partial charge in [0, 0.05) is 25.6 Å². The topological polar surface area (TPSA) is 18.5 Å². The molecule has 4 aliphatic rings. The number of benzene rings is 3. The second kappa shape index (κ2) is 8.46. The third kappa shape index (κ3) is 3.25. The van der Waals surface area contributed by atoms with Crippen molar-refractivity contribution in [2.45, 2.75) is 90.3 Å². The molecule has 1 spiro atoms. The highest BCUT2D eigenvalue weighted by atomic mass is 32.1. The number of hydrogen-bond donors (Lipinski definition) is 0. The van der Waals surface area contributed by atoms with Gasteiger partial charge < -0.3 is 9.31 Å². The van der Waals surface area contributed by atoms with Crippen LogP contribution in [0.2, 0.25) is 0 Å². The molecule has 0 amide bonds. The second-order valence-corrected chi connectivity index (χ2v) is 15.5. The lowest BCUT2D eigenvalue weighted by Crippen LogP contribution is -2.50. The Morgan fingerprint density at radius 2 is 1.60 bits per heavy atom. The van der Waals surface area contributed by atoms with Gasteiger partial charge in [0.25, 0.3) is 0 Å². The molecule has 3 fully saturated rings. The van der Waals surface area contributed by atoms with Crippen molar-refractivity contribution in [1.82, 2.24) is 0 Å². The molecule has 2 bridgehead atoms. The largest absolute Gasteiger partial charge is 0.494 e. The van der Waals surface area contributed by atoms with E-state index in [9.17, 15) is 0 Å². The summed E-state index contributed by atoms with van der Waals surface area (Å²) in [5.74, 6) is 2.97. The summed E-state index contributed by atoms with van der Waals surface area (Å²) >= 11 is 2.02. The predicted molar refractivity (Wildman–Crippen MR) is 170 cm³/mol. The zero-order valence-electron chi connectivity index (χ0n) is 24.8. The molecule has 5 unspecified atom stereocenters. The maximum atomic E-state index is 6.60. The van der Waals surface area contributed by atoms with Crippen molar-refractivity contribution in [1.29, 1.82) is 0 Å². The summed E-state index contributed by atoms with van der Waals surface area (Å²) in [5.41, 5.74) is 6.63. The van der Waals surface area contributed by atoms with Crippen LogP contribution in [0.3, 0.4) is 0 Å². The van der Waals surface area contributed by atoms with E-state index in [1.165, 1.54) is 68.9 Å². The van der Waals surface area contributed by atoms with Crippen LogP contribution in [0.15, 0.2) is 54.6 Å². The lowest BCUT2D eigenvalue weighted by atomic mass is 9.49. The van der Waals surface area contributed by atoms with E-state index in [1.807, 2.05) is 11.3 Å². The Bertz CT molecular complexity index is 1650. The molecule has 8 rings (SSSR count). The van der Waals surface area contributed by atoms with Crippen LogP contribution in [0, 0.1) is 23.7 Å². The lowest BCUT2D eigenvalue weighted by Gasteiger charge is -2.55. The van der Waals surface area contributed by atoms with Crippen LogP contribution in [0.25, 0.3) is 31.3 Å². The molecular weight excluding hydrogens is 507 g/mol. The maximum Gasteiger partial charge on any atom is 0.494 e. The molecule has 0 radical (unpaired) electrons. The van der Waals surface area contributed by atoms with E-state index in [0.717, 1.165) is 11.8 Å². The van der Waals surface area contributed by atoms with Crippen molar-refractivity contribution >= 4 is 44.1 Å². The van der Waals surface area contributed by atoms with Crippen LogP contribution in [-0.4, -0.2) is 18.3 Å². The molecule has 2 saturated carbocycles. The molecule has 3 aromatic carbocycles. The first-order valence-corrected chi connectivity index (χ1v) is 16.4. The predicted octanol–water partition coefficient (Wildman–Crippen LogP) is 9.10. The summed E-state index contributed by atoms with van der Waals surface area (Å²) in [5, 5.41) is 2.85. The van der Waals surface area contributed by atoms with Gasteiger partial charge in [0.05, 0.1) is 11.2 Å². The third-order valence-corrected chi connectivity index (χ3v) is 13.1. The number of fused-ring (bicyclic) bond motifs is 12. The van der Waals surface area contributed by atoms with Crippen molar-refractivity contribution < 1.29 is 9.31 Å². The van der Waals surface area contributed by atoms with Crippen molar-refractivity contribution in [3.8, 4) is 11.1 Å². The lowest BCUT2D eigenvalue weighted by molar-refractivity contribution is 0.00578. The minimum absolute atomic E-state index is 0.0367. The summed E-state index contributed by atoms with van der Waals surface area (Å²) in [4.78, 5) is 0. The van der Waals surface area contributed by atoms with Crippen LogP contribution in [0.4, 0.5) is 0 Å². The van der Waals surface area contributed by atoms with Crippen molar-refractivity contribution in [3.05, 3.63) is 65.7 Å². The summed E-state index contributed by atoms with van der Waals surface area (Å²) < 4.78 is 16.1. The van der Waals surface area contributed by atoms with Gasteiger partial charge in [-0.15, -0.1) is 11.3 Å². The Hall–Kier alpha value is -2.14. The molecule has 1 aliphatic heterocycles. The third-order valence-electron chi connectivity index (χ3n) is 11.9. The Morgan fingerprint density at radius 3 is 2.38 bits per heavy atom. The highest BCUT2D eigenvalue weighted by Crippen LogP contribution is 2.66. The monoisotopic (exact) mass is 548 g/mol. The molecule has 2 heterocycles. The summed E-state index contributed by atoms with van der Waals surface area (Å²) in [7, 11) is -0.332. The molecular formula is C36H41BO2S. The average molecular weight is 549 g/mol. The fourth-order valence-corrected chi connectivity index (χ4v) is 10.6. The summed E-state index contributed by atoms with van der Waals surface area (Å²) in [6.07, 6.45) is 6.76. The van der Waals surface area contributed by atoms with E-state index in [2.05, 4.69) is 96.1 Å². The Kier molecular flexibility index (Phi) is 5.41. The number of rotatable bonds is 2. The van der Waals surface area contributed by atoms with Gasteiger partial charge in [-0.2, -0.15) is 0 Å². The Labute approximate surface area is 243 Å². The summed E-state index contributed by atoms with van der Waals surface area (Å²) in [6, 6.07) is 21.1. The maximum absolute atomic E-state index is 6.60. The molecule has 1 saturated heterocycles. The minimum atomic E-state index is -0.344. The normalized spacial score (nSPS) is 31.7. The van der Waals surface area contributed by atoms with Gasteiger partial charge in [0.1, 0.15) is 0 Å². The molecule has 4 aromatic rings. The molecule has 3 aliphatic carbocycles. The van der Waals surface area contributed by atoms with Gasteiger partial charge in [-0.3, -0.25) is 0 Å². The van der Waals surface area contributed by atoms with Gasteiger partial charge in [0.15, 0.2) is 0 Å². The van der Waals surface area contributed by atoms with Gasteiger partial charge >= 0.3 is 7.12 Å². The molecule has 4 heteroatoms. The number of hydrogen-bond acceptors (Lipinski definition) is 3. The van der Waals surface area contributed by atoms with Gasteiger partial charge in [0.2, 0.25) is 0 Å². The summed E-state index contributed by atoms with van der Waals surface area (Å²) in [6.45, 7) is 13.6. The quantitative estimate of drug-likeness (QED) is 0.233. The van der Waals surface area contributed by atoms with Crippen LogP contribution in [-0.2, 0) is 14.7 Å². The first kappa shape index (κ1) is 25.6. The van der Waals surface area contributed by atoms with Crippen LogP contribution in [0.1, 0.15) is 84.8 Å². The van der Waals surface area contributed by atoms with Gasteiger partial charge in [-0.25, -0.2) is 0 Å². The average Bonchev–Trinajstić information content (AvgIpc) is 3.52. The molecule has 0 N–H and O–H groups in total. The highest BCUT2D eigenvalue weighted by molar-refractivity contribution is 7.26. The standard InChI is InChI=1S/C36H41BO2S/c1-7-22-17-23-16-21(2)36(24(18-22)19-23)30-20-25(37-38-34(3,4)35(5,6)39-37)12-13-26(30)28-14-15-29-27-10-8-9-11-31(27)40-33(29)32(28)36/h8-15,20-24H,7,16-19H2,1-6H3. The second-order valence-electron chi connectivity index (χ2n) is 14.4. The fourth-order valence-electron chi connectivity index (χ4n) is 9.31. The zero-order chi connectivity index (χ0) is 27.6. The first-order valence-electron chi connectivity index (χ1n) is 15.6. The Morgan fingerprint density at radius 1 is 0.850 bits per heavy atom. The molecule has 1 aromatic heterocycles. The smallest absolute Gasteiger partial charge is 0.399 e. The molecule has 40 heavy (non-hydrogen) atoms. The van der Waals surface area contributed by atoms with Crippen molar-refractivity contribution in [2.75, 3.05) is 0 Å². The van der Waals surface area contributed by atoms with Crippen LogP contribution in [0.5, 0.6) is 0 Å².